The number of carboxylic acids is 1. The Morgan fingerprint density at radius 2 is 1.85 bits per heavy atom. The molecule has 1 saturated heterocycles. The number of benzene rings is 1. The number of hydrogen-bond donors (Lipinski definition) is 5. The molecule has 1 aromatic carbocycles. The molecular weight excluding hydrogens is 444 g/mol. The minimum Gasteiger partial charge on any atom is -0.504 e. The second-order valence-corrected chi connectivity index (χ2v) is 10.6. The number of aromatic hydroxyl groups is 1. The number of methoxy groups -OCH3 is 1. The predicted octanol–water partition coefficient (Wildman–Crippen LogP) is 1.53. The lowest BCUT2D eigenvalue weighted by Crippen LogP contribution is -2.61. The van der Waals surface area contributed by atoms with E-state index in [2.05, 4.69) is 6.92 Å². The average molecular weight is 479 g/mol. The topological polar surface area (TPSA) is 146 Å². The first kappa shape index (κ1) is 23.8. The van der Waals surface area contributed by atoms with E-state index in [1.807, 2.05) is 12.1 Å². The highest BCUT2D eigenvalue weighted by Crippen LogP contribution is 2.62. The highest BCUT2D eigenvalue weighted by Gasteiger charge is 2.57. The van der Waals surface area contributed by atoms with Crippen molar-refractivity contribution in [2.75, 3.05) is 7.11 Å². The highest BCUT2D eigenvalue weighted by molar-refractivity contribution is 5.73. The van der Waals surface area contributed by atoms with Gasteiger partial charge in [0, 0.05) is 0 Å². The van der Waals surface area contributed by atoms with Crippen LogP contribution in [0, 0.1) is 17.3 Å². The van der Waals surface area contributed by atoms with Crippen molar-refractivity contribution in [2.45, 2.75) is 88.2 Å². The molecule has 188 valence electrons. The van der Waals surface area contributed by atoms with E-state index in [4.69, 9.17) is 14.2 Å². The van der Waals surface area contributed by atoms with Gasteiger partial charge >= 0.3 is 5.97 Å². The number of aliphatic hydroxyl groups is 3. The molecule has 34 heavy (non-hydrogen) atoms. The van der Waals surface area contributed by atoms with Gasteiger partial charge in [-0.15, -0.1) is 0 Å². The van der Waals surface area contributed by atoms with Crippen molar-refractivity contribution in [3.05, 3.63) is 23.3 Å². The Morgan fingerprint density at radius 1 is 1.09 bits per heavy atom. The van der Waals surface area contributed by atoms with Gasteiger partial charge in [0.1, 0.15) is 18.3 Å². The smallest absolute Gasteiger partial charge is 0.335 e. The monoisotopic (exact) mass is 478 g/mol. The SMILES string of the molecule is COc1cc2c(cc1O)CC[C@@H]1[C@@H]2CC[C@]2(C)[C@@H](OC3O[C@@H](C(=O)O)[C@H](O)[C@@H](O)[C@@H]3O)CC[C@@H]12. The van der Waals surface area contributed by atoms with E-state index in [0.29, 0.717) is 23.5 Å². The molecule has 3 fully saturated rings. The summed E-state index contributed by atoms with van der Waals surface area (Å²) in [6.07, 6.45) is -2.72. The Hall–Kier alpha value is -1.91. The second-order valence-electron chi connectivity index (χ2n) is 10.6. The molecule has 3 aliphatic carbocycles. The Labute approximate surface area is 198 Å². The summed E-state index contributed by atoms with van der Waals surface area (Å²) in [5, 5.41) is 50.1. The standard InChI is InChI=1S/C25H34O9/c1-25-8-7-12-13(4-3-11-9-16(26)17(32-2)10-14(11)12)15(25)5-6-18(25)33-24-21(29)19(27)20(28)22(34-24)23(30)31/h9-10,12-13,15,18-22,24,26-29H,3-8H2,1-2H3,(H,30,31)/t12-,13+,15-,18-,19+,20+,21-,22+,24?,25-/m0/s1. The van der Waals surface area contributed by atoms with Crippen LogP contribution in [0.1, 0.15) is 56.1 Å². The van der Waals surface area contributed by atoms with Gasteiger partial charge in [-0.25, -0.2) is 4.79 Å². The van der Waals surface area contributed by atoms with Crippen LogP contribution in [0.5, 0.6) is 11.5 Å². The minimum absolute atomic E-state index is 0.174. The van der Waals surface area contributed by atoms with Crippen molar-refractivity contribution in [3.63, 3.8) is 0 Å². The first-order chi connectivity index (χ1) is 16.2. The van der Waals surface area contributed by atoms with Crippen LogP contribution in [0.3, 0.4) is 0 Å². The number of phenolic OH excluding ortho intramolecular Hbond substituents is 1. The molecule has 9 heteroatoms. The summed E-state index contributed by atoms with van der Waals surface area (Å²) in [6, 6.07) is 3.82. The van der Waals surface area contributed by atoms with Gasteiger partial charge in [-0.1, -0.05) is 6.92 Å². The Kier molecular flexibility index (Phi) is 6.05. The number of aliphatic carboxylic acids is 1. The molecule has 0 aromatic heterocycles. The molecular formula is C25H34O9. The van der Waals surface area contributed by atoms with E-state index in [1.165, 1.54) is 11.1 Å². The number of carboxylic acid groups (broad SMARTS) is 1. The molecule has 0 amide bonds. The van der Waals surface area contributed by atoms with Crippen molar-refractivity contribution in [1.29, 1.82) is 0 Å². The lowest BCUT2D eigenvalue weighted by atomic mass is 9.55. The van der Waals surface area contributed by atoms with Crippen LogP contribution in [0.15, 0.2) is 12.1 Å². The number of phenols is 1. The highest BCUT2D eigenvalue weighted by atomic mass is 16.7. The molecule has 5 N–H and O–H groups in total. The van der Waals surface area contributed by atoms with Gasteiger partial charge in [0.15, 0.2) is 23.9 Å². The van der Waals surface area contributed by atoms with Crippen molar-refractivity contribution < 1.29 is 44.5 Å². The van der Waals surface area contributed by atoms with Gasteiger partial charge in [0.2, 0.25) is 0 Å². The van der Waals surface area contributed by atoms with Crippen LogP contribution < -0.4 is 4.74 Å². The van der Waals surface area contributed by atoms with Gasteiger partial charge in [-0.3, -0.25) is 0 Å². The molecule has 0 radical (unpaired) electrons. The van der Waals surface area contributed by atoms with Crippen molar-refractivity contribution in [1.82, 2.24) is 0 Å². The van der Waals surface area contributed by atoms with E-state index in [0.717, 1.165) is 38.5 Å². The van der Waals surface area contributed by atoms with Crippen LogP contribution in [0.25, 0.3) is 0 Å². The third kappa shape index (κ3) is 3.60. The van der Waals surface area contributed by atoms with Crippen molar-refractivity contribution in [3.8, 4) is 11.5 Å². The van der Waals surface area contributed by atoms with Gasteiger partial charge in [0.05, 0.1) is 13.2 Å². The number of ether oxygens (including phenoxy) is 3. The summed E-state index contributed by atoms with van der Waals surface area (Å²) in [5.74, 6) is 0.469. The quantitative estimate of drug-likeness (QED) is 0.435. The number of rotatable bonds is 4. The van der Waals surface area contributed by atoms with E-state index in [9.17, 15) is 30.3 Å². The summed E-state index contributed by atoms with van der Waals surface area (Å²) in [6.45, 7) is 2.20. The van der Waals surface area contributed by atoms with Crippen LogP contribution >= 0.6 is 0 Å². The molecule has 0 bridgehead atoms. The molecule has 2 saturated carbocycles. The molecule has 1 aliphatic heterocycles. The fourth-order valence-electron chi connectivity index (χ4n) is 7.25. The molecule has 4 aliphatic rings. The van der Waals surface area contributed by atoms with E-state index >= 15 is 0 Å². The van der Waals surface area contributed by atoms with Crippen LogP contribution in [0.2, 0.25) is 0 Å². The molecule has 1 unspecified atom stereocenters. The average Bonchev–Trinajstić information content (AvgIpc) is 3.14. The molecule has 10 atom stereocenters. The van der Waals surface area contributed by atoms with Gasteiger partial charge in [0.25, 0.3) is 0 Å². The number of aliphatic hydroxyl groups excluding tert-OH is 3. The van der Waals surface area contributed by atoms with E-state index in [1.54, 1.807) is 7.11 Å². The summed E-state index contributed by atoms with van der Waals surface area (Å²) in [7, 11) is 1.56. The zero-order valence-corrected chi connectivity index (χ0v) is 19.5. The first-order valence-electron chi connectivity index (χ1n) is 12.1. The second kappa shape index (κ2) is 8.64. The normalized spacial score (nSPS) is 43.5. The molecule has 1 heterocycles. The number of carbonyl (C=O) groups is 1. The zero-order chi connectivity index (χ0) is 24.4. The van der Waals surface area contributed by atoms with Crippen LogP contribution in [-0.2, 0) is 20.7 Å². The number of hydrogen-bond acceptors (Lipinski definition) is 8. The maximum Gasteiger partial charge on any atom is 0.335 e. The maximum atomic E-state index is 11.5. The van der Waals surface area contributed by atoms with Crippen molar-refractivity contribution >= 4 is 5.97 Å². The molecule has 5 rings (SSSR count). The van der Waals surface area contributed by atoms with E-state index in [-0.39, 0.29) is 17.3 Å². The largest absolute Gasteiger partial charge is 0.504 e. The lowest BCUT2D eigenvalue weighted by molar-refractivity contribution is -0.312. The Morgan fingerprint density at radius 3 is 2.56 bits per heavy atom. The minimum atomic E-state index is -1.73. The Bertz CT molecular complexity index is 951. The molecule has 9 nitrogen and oxygen atoms in total. The number of aryl methyl sites for hydroxylation is 1. The fraction of sp³-hybridized carbons (Fsp3) is 0.720. The van der Waals surface area contributed by atoms with Crippen LogP contribution in [-0.4, -0.2) is 75.4 Å². The molecule has 1 aromatic rings. The Balaban J connectivity index is 1.35. The van der Waals surface area contributed by atoms with Crippen LogP contribution in [0.4, 0.5) is 0 Å². The lowest BCUT2D eigenvalue weighted by Gasteiger charge is -2.51. The fourth-order valence-corrected chi connectivity index (χ4v) is 7.25. The van der Waals surface area contributed by atoms with Crippen molar-refractivity contribution in [2.24, 2.45) is 17.3 Å². The van der Waals surface area contributed by atoms with E-state index < -0.39 is 36.7 Å². The zero-order valence-electron chi connectivity index (χ0n) is 19.5. The van der Waals surface area contributed by atoms with Gasteiger partial charge in [-0.05, 0) is 85.0 Å². The summed E-state index contributed by atoms with van der Waals surface area (Å²) < 4.78 is 16.9. The third-order valence-corrected chi connectivity index (χ3v) is 9.05. The number of fused-ring (bicyclic) bond motifs is 5. The first-order valence-corrected chi connectivity index (χ1v) is 12.1. The summed E-state index contributed by atoms with van der Waals surface area (Å²) in [4.78, 5) is 11.5. The predicted molar refractivity (Wildman–Crippen MR) is 118 cm³/mol. The molecule has 0 spiro atoms. The van der Waals surface area contributed by atoms with Gasteiger partial charge < -0.3 is 39.7 Å². The third-order valence-electron chi connectivity index (χ3n) is 9.05. The summed E-state index contributed by atoms with van der Waals surface area (Å²) in [5.41, 5.74) is 2.26. The van der Waals surface area contributed by atoms with Gasteiger partial charge in [-0.2, -0.15) is 0 Å². The maximum absolute atomic E-state index is 11.5. The summed E-state index contributed by atoms with van der Waals surface area (Å²) >= 11 is 0.